The van der Waals surface area contributed by atoms with Gasteiger partial charge in [0.15, 0.2) is 12.2 Å². The van der Waals surface area contributed by atoms with Gasteiger partial charge in [-0.2, -0.15) is 0 Å². The summed E-state index contributed by atoms with van der Waals surface area (Å²) in [6, 6.07) is 5.55. The van der Waals surface area contributed by atoms with Gasteiger partial charge in [-0.15, -0.1) is 5.10 Å². The van der Waals surface area contributed by atoms with E-state index in [4.69, 9.17) is 9.84 Å². The average Bonchev–Trinajstić information content (AvgIpc) is 2.29. The molecule has 2 heterocycles. The molecule has 0 saturated heterocycles. The van der Waals surface area contributed by atoms with Crippen LogP contribution in [0.15, 0.2) is 35.1 Å². The Morgan fingerprint density at radius 3 is 3.19 bits per heavy atom. The quantitative estimate of drug-likeness (QED) is 0.769. The van der Waals surface area contributed by atoms with Gasteiger partial charge in [0.2, 0.25) is 0 Å². The number of para-hydroxylation sites is 1. The third-order valence-corrected chi connectivity index (χ3v) is 2.60. The highest BCUT2D eigenvalue weighted by molar-refractivity contribution is 5.90. The fraction of sp³-hybridized carbons (Fsp3) is 0.0909. The Kier molecular flexibility index (Phi) is 1.73. The number of hydrazone groups is 1. The number of nitrogens with zero attached hydrogens (tertiary/aromatic N) is 2. The number of hydrogen-bond acceptors (Lipinski definition) is 4. The van der Waals surface area contributed by atoms with E-state index in [1.165, 1.54) is 12.6 Å². The molecule has 0 fully saturated rings. The minimum Gasteiger partial charge on any atom is -0.478 e. The molecule has 0 bridgehead atoms. The van der Waals surface area contributed by atoms with Crippen molar-refractivity contribution in [2.24, 2.45) is 5.10 Å². The van der Waals surface area contributed by atoms with Crippen LogP contribution in [-0.2, 0) is 11.2 Å². The molecule has 0 spiro atoms. The SMILES string of the molecule is O=C(O)C1=CN2N=COc3cccc(c32)C1. The number of carbonyl (C=O) groups is 1. The van der Waals surface area contributed by atoms with Gasteiger partial charge >= 0.3 is 5.97 Å². The molecule has 0 amide bonds. The number of rotatable bonds is 1. The van der Waals surface area contributed by atoms with Crippen molar-refractivity contribution < 1.29 is 14.6 Å². The second-order valence-corrected chi connectivity index (χ2v) is 3.58. The Balaban J connectivity index is 2.16. The third kappa shape index (κ3) is 1.18. The molecule has 1 aromatic rings. The van der Waals surface area contributed by atoms with Gasteiger partial charge in [-0.05, 0) is 11.6 Å². The molecule has 1 N–H and O–H groups in total. The van der Waals surface area contributed by atoms with Crippen LogP contribution < -0.4 is 9.75 Å². The molecule has 5 nitrogen and oxygen atoms in total. The maximum atomic E-state index is 11.0. The van der Waals surface area contributed by atoms with Crippen molar-refractivity contribution in [1.29, 1.82) is 0 Å². The molecule has 3 rings (SSSR count). The Bertz CT molecular complexity index is 534. The van der Waals surface area contributed by atoms with Crippen LogP contribution in [0.3, 0.4) is 0 Å². The molecule has 2 aliphatic heterocycles. The minimum absolute atomic E-state index is 0.323. The van der Waals surface area contributed by atoms with E-state index in [2.05, 4.69) is 5.10 Å². The first-order chi connectivity index (χ1) is 7.75. The number of hydrogen-bond donors (Lipinski definition) is 1. The van der Waals surface area contributed by atoms with Crippen LogP contribution in [0.2, 0.25) is 0 Å². The van der Waals surface area contributed by atoms with Gasteiger partial charge in [-0.3, -0.25) is 0 Å². The topological polar surface area (TPSA) is 62.1 Å². The van der Waals surface area contributed by atoms with Gasteiger partial charge in [0, 0.05) is 12.6 Å². The Labute approximate surface area is 91.2 Å². The van der Waals surface area contributed by atoms with Crippen molar-refractivity contribution in [2.45, 2.75) is 6.42 Å². The Morgan fingerprint density at radius 1 is 1.50 bits per heavy atom. The van der Waals surface area contributed by atoms with Crippen LogP contribution in [0.25, 0.3) is 0 Å². The van der Waals surface area contributed by atoms with Crippen molar-refractivity contribution in [2.75, 3.05) is 5.01 Å². The van der Waals surface area contributed by atoms with Crippen molar-refractivity contribution in [3.63, 3.8) is 0 Å². The fourth-order valence-corrected chi connectivity index (χ4v) is 1.88. The maximum Gasteiger partial charge on any atom is 0.333 e. The van der Waals surface area contributed by atoms with E-state index in [0.717, 1.165) is 11.3 Å². The zero-order valence-corrected chi connectivity index (χ0v) is 8.25. The summed E-state index contributed by atoms with van der Waals surface area (Å²) in [5.74, 6) is -0.217. The number of carboxylic acid groups (broad SMARTS) is 1. The summed E-state index contributed by atoms with van der Waals surface area (Å²) in [5, 5.41) is 14.5. The molecule has 0 saturated carbocycles. The highest BCUT2D eigenvalue weighted by Crippen LogP contribution is 2.38. The third-order valence-electron chi connectivity index (χ3n) is 2.60. The summed E-state index contributed by atoms with van der Waals surface area (Å²) >= 11 is 0. The summed E-state index contributed by atoms with van der Waals surface area (Å²) in [4.78, 5) is 11.0. The first-order valence-corrected chi connectivity index (χ1v) is 4.80. The molecule has 0 unspecified atom stereocenters. The summed E-state index contributed by atoms with van der Waals surface area (Å²) in [7, 11) is 0. The zero-order valence-electron chi connectivity index (χ0n) is 8.25. The first-order valence-electron chi connectivity index (χ1n) is 4.80. The number of benzene rings is 1. The number of carboxylic acids is 1. The largest absolute Gasteiger partial charge is 0.478 e. The molecule has 80 valence electrons. The van der Waals surface area contributed by atoms with Crippen LogP contribution in [0.1, 0.15) is 5.56 Å². The second kappa shape index (κ2) is 3.10. The second-order valence-electron chi connectivity index (χ2n) is 3.58. The van der Waals surface area contributed by atoms with Crippen LogP contribution in [0.5, 0.6) is 5.75 Å². The monoisotopic (exact) mass is 216 g/mol. The molecule has 0 aliphatic carbocycles. The number of anilines is 1. The van der Waals surface area contributed by atoms with E-state index < -0.39 is 5.97 Å². The lowest BCUT2D eigenvalue weighted by Crippen LogP contribution is -2.23. The van der Waals surface area contributed by atoms with Crippen molar-refractivity contribution in [3.05, 3.63) is 35.5 Å². The summed E-state index contributed by atoms with van der Waals surface area (Å²) < 4.78 is 5.26. The fourth-order valence-electron chi connectivity index (χ4n) is 1.88. The van der Waals surface area contributed by atoms with E-state index in [-0.39, 0.29) is 0 Å². The summed E-state index contributed by atoms with van der Waals surface area (Å²) in [6.45, 7) is 0. The lowest BCUT2D eigenvalue weighted by molar-refractivity contribution is -0.132. The van der Waals surface area contributed by atoms with E-state index in [1.54, 1.807) is 5.01 Å². The lowest BCUT2D eigenvalue weighted by Gasteiger charge is -2.27. The standard InChI is InChI=1S/C11H8N2O3/c14-11(15)8-4-7-2-1-3-9-10(7)13(5-8)12-6-16-9/h1-3,5-6H,4H2,(H,14,15). The normalized spacial score (nSPS) is 16.2. The summed E-state index contributed by atoms with van der Waals surface area (Å²) in [6.07, 6.45) is 3.22. The highest BCUT2D eigenvalue weighted by atomic mass is 16.5. The van der Waals surface area contributed by atoms with Gasteiger partial charge < -0.3 is 9.84 Å². The average molecular weight is 216 g/mol. The lowest BCUT2D eigenvalue weighted by atomic mass is 10.00. The maximum absolute atomic E-state index is 11.0. The highest BCUT2D eigenvalue weighted by Gasteiger charge is 2.25. The minimum atomic E-state index is -0.919. The molecule has 5 heteroatoms. The summed E-state index contributed by atoms with van der Waals surface area (Å²) in [5.41, 5.74) is 2.06. The van der Waals surface area contributed by atoms with Crippen LogP contribution in [0, 0.1) is 0 Å². The van der Waals surface area contributed by atoms with Gasteiger partial charge in [0.1, 0.15) is 5.69 Å². The van der Waals surface area contributed by atoms with Crippen molar-refractivity contribution in [1.82, 2.24) is 0 Å². The van der Waals surface area contributed by atoms with Crippen LogP contribution in [-0.4, -0.2) is 17.5 Å². The van der Waals surface area contributed by atoms with E-state index >= 15 is 0 Å². The van der Waals surface area contributed by atoms with E-state index in [1.807, 2.05) is 18.2 Å². The molecule has 0 atom stereocenters. The molecule has 16 heavy (non-hydrogen) atoms. The van der Waals surface area contributed by atoms with Gasteiger partial charge in [0.05, 0.1) is 5.57 Å². The smallest absolute Gasteiger partial charge is 0.333 e. The van der Waals surface area contributed by atoms with Gasteiger partial charge in [0.25, 0.3) is 0 Å². The predicted molar refractivity (Wildman–Crippen MR) is 57.5 cm³/mol. The Hall–Kier alpha value is -2.30. The molecule has 0 radical (unpaired) electrons. The predicted octanol–water partition coefficient (Wildman–Crippen LogP) is 1.35. The van der Waals surface area contributed by atoms with Gasteiger partial charge in [-0.1, -0.05) is 12.1 Å². The number of aliphatic carboxylic acids is 1. The molecule has 2 aliphatic rings. The van der Waals surface area contributed by atoms with Crippen molar-refractivity contribution >= 4 is 18.1 Å². The number of ether oxygens (including phenoxy) is 1. The zero-order chi connectivity index (χ0) is 11.1. The van der Waals surface area contributed by atoms with Crippen LogP contribution >= 0.6 is 0 Å². The van der Waals surface area contributed by atoms with Gasteiger partial charge in [-0.25, -0.2) is 9.80 Å². The molecular weight excluding hydrogens is 208 g/mol. The van der Waals surface area contributed by atoms with Crippen molar-refractivity contribution in [3.8, 4) is 5.75 Å². The molecular formula is C11H8N2O3. The molecule has 0 aromatic heterocycles. The Morgan fingerprint density at radius 2 is 2.38 bits per heavy atom. The van der Waals surface area contributed by atoms with Crippen LogP contribution in [0.4, 0.5) is 5.69 Å². The van der Waals surface area contributed by atoms with E-state index in [9.17, 15) is 4.79 Å². The molecule has 1 aromatic carbocycles. The van der Waals surface area contributed by atoms with E-state index in [0.29, 0.717) is 17.7 Å². The first kappa shape index (κ1) is 8.96.